The van der Waals surface area contributed by atoms with Gasteiger partial charge in [-0.15, -0.1) is 0 Å². The predicted molar refractivity (Wildman–Crippen MR) is 112 cm³/mol. The topological polar surface area (TPSA) is 112 Å². The van der Waals surface area contributed by atoms with Crippen molar-refractivity contribution >= 4 is 17.4 Å². The number of furan rings is 1. The minimum atomic E-state index is -0.673. The first-order valence-electron chi connectivity index (χ1n) is 11.2. The van der Waals surface area contributed by atoms with E-state index in [0.717, 1.165) is 17.8 Å². The third-order valence-electron chi connectivity index (χ3n) is 7.50. The van der Waals surface area contributed by atoms with Gasteiger partial charge < -0.3 is 24.1 Å². The van der Waals surface area contributed by atoms with Gasteiger partial charge in [-0.25, -0.2) is 0 Å². The molecule has 2 bridgehead atoms. The summed E-state index contributed by atoms with van der Waals surface area (Å²) >= 11 is 0. The first-order valence-corrected chi connectivity index (χ1v) is 11.2. The smallest absolute Gasteiger partial charge is 0.271 e. The summed E-state index contributed by atoms with van der Waals surface area (Å²) in [5.41, 5.74) is 1.45. The molecule has 0 aromatic carbocycles. The molecular formula is C23H26N4O5. The Labute approximate surface area is 185 Å². The number of ether oxygens (including phenoxy) is 1. The van der Waals surface area contributed by atoms with Crippen molar-refractivity contribution in [1.29, 1.82) is 0 Å². The van der Waals surface area contributed by atoms with Gasteiger partial charge in [0.1, 0.15) is 11.5 Å². The number of carbonyl (C=O) groups excluding carboxylic acids is 2. The molecule has 2 N–H and O–H groups in total. The van der Waals surface area contributed by atoms with Gasteiger partial charge in [0, 0.05) is 49.8 Å². The molecule has 168 valence electrons. The number of aromatic amines is 1. The number of likely N-dealkylation sites (tertiary alicyclic amines) is 1. The number of carbonyl (C=O) groups is 2. The zero-order valence-corrected chi connectivity index (χ0v) is 17.6. The van der Waals surface area contributed by atoms with Crippen molar-refractivity contribution in [3.05, 3.63) is 48.2 Å². The van der Waals surface area contributed by atoms with Crippen LogP contribution in [-0.4, -0.2) is 81.4 Å². The van der Waals surface area contributed by atoms with Crippen LogP contribution in [-0.2, 0) is 9.53 Å². The third kappa shape index (κ3) is 3.10. The number of amides is 2. The lowest BCUT2D eigenvalue weighted by Crippen LogP contribution is -2.48. The number of nitrogens with zero attached hydrogens (tertiary/aromatic N) is 3. The number of fused-ring (bicyclic) bond motifs is 4. The maximum Gasteiger partial charge on any atom is 0.271 e. The summed E-state index contributed by atoms with van der Waals surface area (Å²) in [5, 5.41) is 17.5. The van der Waals surface area contributed by atoms with Crippen LogP contribution >= 0.6 is 0 Å². The summed E-state index contributed by atoms with van der Waals surface area (Å²) < 4.78 is 11.7. The average Bonchev–Trinajstić information content (AvgIpc) is 3.63. The van der Waals surface area contributed by atoms with Crippen molar-refractivity contribution in [1.82, 2.24) is 20.0 Å². The van der Waals surface area contributed by atoms with Crippen LogP contribution in [0.4, 0.5) is 0 Å². The molecule has 32 heavy (non-hydrogen) atoms. The van der Waals surface area contributed by atoms with Crippen molar-refractivity contribution in [2.75, 3.05) is 26.2 Å². The minimum Gasteiger partial charge on any atom is -0.465 e. The van der Waals surface area contributed by atoms with Crippen molar-refractivity contribution in [3.63, 3.8) is 0 Å². The van der Waals surface area contributed by atoms with E-state index in [1.807, 2.05) is 17.0 Å². The largest absolute Gasteiger partial charge is 0.465 e. The molecule has 6 heterocycles. The van der Waals surface area contributed by atoms with Gasteiger partial charge in [0.2, 0.25) is 5.91 Å². The third-order valence-corrected chi connectivity index (χ3v) is 7.50. The van der Waals surface area contributed by atoms with Gasteiger partial charge in [0.05, 0.1) is 30.5 Å². The second-order valence-corrected chi connectivity index (χ2v) is 9.24. The lowest BCUT2D eigenvalue weighted by molar-refractivity contribution is -0.147. The van der Waals surface area contributed by atoms with E-state index in [0.29, 0.717) is 38.3 Å². The van der Waals surface area contributed by atoms with Gasteiger partial charge in [-0.1, -0.05) is 6.08 Å². The van der Waals surface area contributed by atoms with Crippen LogP contribution in [0.5, 0.6) is 0 Å². The highest BCUT2D eigenvalue weighted by Gasteiger charge is 2.58. The van der Waals surface area contributed by atoms with Crippen LogP contribution in [0, 0.1) is 17.8 Å². The number of aromatic nitrogens is 2. The maximum atomic E-state index is 13.6. The van der Waals surface area contributed by atoms with E-state index in [9.17, 15) is 14.7 Å². The number of rotatable bonds is 3. The quantitative estimate of drug-likeness (QED) is 0.744. The fourth-order valence-electron chi connectivity index (χ4n) is 5.95. The lowest BCUT2D eigenvalue weighted by Gasteiger charge is -2.37. The summed E-state index contributed by atoms with van der Waals surface area (Å²) in [4.78, 5) is 30.0. The van der Waals surface area contributed by atoms with Gasteiger partial charge in [-0.2, -0.15) is 5.10 Å². The molecule has 6 rings (SSSR count). The van der Waals surface area contributed by atoms with E-state index >= 15 is 0 Å². The Morgan fingerprint density at radius 3 is 2.84 bits per heavy atom. The number of nitrogens with one attached hydrogen (secondary N) is 1. The highest BCUT2D eigenvalue weighted by Crippen LogP contribution is 2.47. The second kappa shape index (κ2) is 7.60. The highest BCUT2D eigenvalue weighted by molar-refractivity contribution is 5.92. The Morgan fingerprint density at radius 1 is 1.19 bits per heavy atom. The molecule has 2 aromatic rings. The number of aliphatic hydroxyl groups excluding tert-OH is 1. The summed E-state index contributed by atoms with van der Waals surface area (Å²) in [6.07, 6.45) is 5.32. The molecule has 9 heteroatoms. The molecule has 0 unspecified atom stereocenters. The lowest BCUT2D eigenvalue weighted by atomic mass is 9.82. The summed E-state index contributed by atoms with van der Waals surface area (Å²) in [7, 11) is 0. The predicted octanol–water partition coefficient (Wildman–Crippen LogP) is 1.15. The molecule has 0 radical (unpaired) electrons. The zero-order chi connectivity index (χ0) is 21.8. The van der Waals surface area contributed by atoms with Gasteiger partial charge in [-0.3, -0.25) is 14.7 Å². The molecule has 3 saturated heterocycles. The fraction of sp³-hybridized carbons (Fsp3) is 0.522. The number of hydrogen-bond acceptors (Lipinski definition) is 6. The highest BCUT2D eigenvalue weighted by atomic mass is 16.5. The van der Waals surface area contributed by atoms with Gasteiger partial charge in [0.25, 0.3) is 5.91 Å². The van der Waals surface area contributed by atoms with E-state index in [2.05, 4.69) is 16.3 Å². The van der Waals surface area contributed by atoms with Crippen molar-refractivity contribution < 1.29 is 23.8 Å². The van der Waals surface area contributed by atoms with Crippen LogP contribution in [0.25, 0.3) is 5.57 Å². The molecule has 2 aromatic heterocycles. The SMILES string of the molecule is O=C(c1ccn[nH]1)N1C[C@H]2[C@H](O)[C@@H]3C[C@H](C(=O)N4CCC=C(c5ccco5)C4)[C@@H](O3)[C@H]2C1. The summed E-state index contributed by atoms with van der Waals surface area (Å²) in [5.74, 6) is 0.289. The fourth-order valence-corrected chi connectivity index (χ4v) is 5.95. The van der Waals surface area contributed by atoms with E-state index in [1.165, 1.54) is 0 Å². The van der Waals surface area contributed by atoms with Crippen molar-refractivity contribution in [2.45, 2.75) is 31.2 Å². The molecule has 2 amide bonds. The van der Waals surface area contributed by atoms with Crippen molar-refractivity contribution in [3.8, 4) is 0 Å². The number of aliphatic hydroxyl groups is 1. The minimum absolute atomic E-state index is 0.0607. The first kappa shape index (κ1) is 19.8. The van der Waals surface area contributed by atoms with Crippen molar-refractivity contribution in [2.24, 2.45) is 17.8 Å². The second-order valence-electron chi connectivity index (χ2n) is 9.24. The van der Waals surface area contributed by atoms with E-state index < -0.39 is 6.10 Å². The first-order chi connectivity index (χ1) is 15.6. The van der Waals surface area contributed by atoms with E-state index in [-0.39, 0.29) is 41.8 Å². The van der Waals surface area contributed by atoms with Crippen LogP contribution in [0.3, 0.4) is 0 Å². The standard InChI is InChI=1S/C23H26N4O5/c28-20-15-11-27(23(30)17-5-6-24-25-17)12-16(15)21-14(9-19(20)32-21)22(29)26-7-1-3-13(10-26)18-4-2-8-31-18/h2-6,8,14-16,19-21,28H,1,7,9-12H2,(H,24,25)/t14-,15+,16-,19-,20-,21+/m0/s1. The molecule has 0 saturated carbocycles. The van der Waals surface area contributed by atoms with Gasteiger partial charge >= 0.3 is 0 Å². The van der Waals surface area contributed by atoms with Gasteiger partial charge in [0.15, 0.2) is 0 Å². The Hall–Kier alpha value is -2.91. The molecular weight excluding hydrogens is 412 g/mol. The Balaban J connectivity index is 1.19. The molecule has 0 spiro atoms. The van der Waals surface area contributed by atoms with E-state index in [1.54, 1.807) is 23.4 Å². The molecule has 3 fully saturated rings. The molecule has 0 aliphatic carbocycles. The monoisotopic (exact) mass is 438 g/mol. The van der Waals surface area contributed by atoms with Crippen LogP contribution < -0.4 is 0 Å². The zero-order valence-electron chi connectivity index (χ0n) is 17.6. The van der Waals surface area contributed by atoms with Crippen LogP contribution in [0.2, 0.25) is 0 Å². The normalized spacial score (nSPS) is 33.8. The Bertz CT molecular complexity index is 1030. The average molecular weight is 438 g/mol. The van der Waals surface area contributed by atoms with E-state index in [4.69, 9.17) is 9.15 Å². The van der Waals surface area contributed by atoms with Crippen LogP contribution in [0.15, 0.2) is 41.2 Å². The summed E-state index contributed by atoms with van der Waals surface area (Å²) in [6, 6.07) is 5.41. The molecule has 4 aliphatic rings. The Kier molecular flexibility index (Phi) is 4.69. The Morgan fingerprint density at radius 2 is 2.06 bits per heavy atom. The molecule has 6 atom stereocenters. The summed E-state index contributed by atoms with van der Waals surface area (Å²) in [6.45, 7) is 2.12. The van der Waals surface area contributed by atoms with Crippen LogP contribution in [0.1, 0.15) is 29.1 Å². The van der Waals surface area contributed by atoms with Gasteiger partial charge in [-0.05, 0) is 31.0 Å². The molecule has 9 nitrogen and oxygen atoms in total. The maximum absolute atomic E-state index is 13.6. The number of H-pyrrole nitrogens is 1. The number of hydrogen-bond donors (Lipinski definition) is 2. The molecule has 4 aliphatic heterocycles.